The molecular formula is C22H24N2O4. The molecule has 6 heteroatoms. The van der Waals surface area contributed by atoms with Crippen LogP contribution >= 0.6 is 0 Å². The molecule has 0 saturated heterocycles. The molecule has 0 aliphatic carbocycles. The SMILES string of the molecule is C#CCOc1ccc(CNC(=O)NC(CCC(=O)O)Cc2ccccc2)cc1. The fourth-order valence-electron chi connectivity index (χ4n) is 2.67. The van der Waals surface area contributed by atoms with Crippen molar-refractivity contribution in [1.29, 1.82) is 0 Å². The van der Waals surface area contributed by atoms with Crippen LogP contribution in [-0.2, 0) is 17.8 Å². The smallest absolute Gasteiger partial charge is 0.315 e. The first-order valence-electron chi connectivity index (χ1n) is 9.02. The molecule has 0 aromatic heterocycles. The summed E-state index contributed by atoms with van der Waals surface area (Å²) in [6.07, 6.45) is 6.08. The van der Waals surface area contributed by atoms with Gasteiger partial charge in [0.2, 0.25) is 0 Å². The van der Waals surface area contributed by atoms with Gasteiger partial charge >= 0.3 is 12.0 Å². The topological polar surface area (TPSA) is 87.7 Å². The van der Waals surface area contributed by atoms with Crippen molar-refractivity contribution in [2.75, 3.05) is 6.61 Å². The molecule has 146 valence electrons. The Kier molecular flexibility index (Phi) is 8.41. The van der Waals surface area contributed by atoms with Crippen molar-refractivity contribution in [2.24, 2.45) is 0 Å². The molecule has 1 unspecified atom stereocenters. The standard InChI is InChI=1S/C22H24N2O4/c1-2-14-28-20-11-8-18(9-12-20)16-23-22(27)24-19(10-13-21(25)26)15-17-6-4-3-5-7-17/h1,3-9,11-12,19H,10,13-16H2,(H,25,26)(H2,23,24,27). The van der Waals surface area contributed by atoms with Crippen molar-refractivity contribution in [1.82, 2.24) is 10.6 Å². The van der Waals surface area contributed by atoms with Crippen molar-refractivity contribution in [2.45, 2.75) is 31.8 Å². The third kappa shape index (κ3) is 7.83. The summed E-state index contributed by atoms with van der Waals surface area (Å²) in [6, 6.07) is 16.3. The van der Waals surface area contributed by atoms with E-state index in [1.807, 2.05) is 42.5 Å². The Labute approximate surface area is 164 Å². The number of rotatable bonds is 10. The van der Waals surface area contributed by atoms with E-state index < -0.39 is 5.97 Å². The van der Waals surface area contributed by atoms with Crippen LogP contribution in [0.25, 0.3) is 0 Å². The van der Waals surface area contributed by atoms with Crippen LogP contribution in [0.2, 0.25) is 0 Å². The number of ether oxygens (including phenoxy) is 1. The lowest BCUT2D eigenvalue weighted by atomic mass is 10.0. The predicted octanol–water partition coefficient (Wildman–Crippen LogP) is 2.97. The Bertz CT molecular complexity index is 798. The van der Waals surface area contributed by atoms with Crippen LogP contribution in [0.1, 0.15) is 24.0 Å². The minimum Gasteiger partial charge on any atom is -0.481 e. The number of hydrogen-bond donors (Lipinski definition) is 3. The number of carbonyl (C=O) groups is 2. The number of hydrogen-bond acceptors (Lipinski definition) is 3. The van der Waals surface area contributed by atoms with E-state index in [1.54, 1.807) is 12.1 Å². The van der Waals surface area contributed by atoms with E-state index >= 15 is 0 Å². The number of carboxylic acids is 1. The molecule has 2 rings (SSSR count). The number of aliphatic carboxylic acids is 1. The largest absolute Gasteiger partial charge is 0.481 e. The number of amides is 2. The van der Waals surface area contributed by atoms with E-state index in [0.29, 0.717) is 25.1 Å². The van der Waals surface area contributed by atoms with Crippen molar-refractivity contribution in [3.8, 4) is 18.1 Å². The fourth-order valence-corrected chi connectivity index (χ4v) is 2.67. The predicted molar refractivity (Wildman–Crippen MR) is 107 cm³/mol. The van der Waals surface area contributed by atoms with Crippen LogP contribution < -0.4 is 15.4 Å². The maximum Gasteiger partial charge on any atom is 0.315 e. The molecule has 0 heterocycles. The molecule has 0 saturated carbocycles. The summed E-state index contributed by atoms with van der Waals surface area (Å²) in [6.45, 7) is 0.553. The van der Waals surface area contributed by atoms with Gasteiger partial charge in [0, 0.05) is 19.0 Å². The molecule has 1 atom stereocenters. The molecule has 2 aromatic carbocycles. The van der Waals surface area contributed by atoms with E-state index in [-0.39, 0.29) is 25.1 Å². The number of terminal acetylenes is 1. The number of benzene rings is 2. The first kappa shape index (κ1) is 20.8. The highest BCUT2D eigenvalue weighted by Crippen LogP contribution is 2.12. The lowest BCUT2D eigenvalue weighted by Gasteiger charge is -2.19. The molecule has 6 nitrogen and oxygen atoms in total. The van der Waals surface area contributed by atoms with Crippen molar-refractivity contribution in [3.05, 3.63) is 65.7 Å². The van der Waals surface area contributed by atoms with Gasteiger partial charge in [-0.1, -0.05) is 48.4 Å². The zero-order valence-electron chi connectivity index (χ0n) is 15.6. The van der Waals surface area contributed by atoms with E-state index in [1.165, 1.54) is 0 Å². The number of nitrogens with one attached hydrogen (secondary N) is 2. The van der Waals surface area contributed by atoms with E-state index in [4.69, 9.17) is 16.3 Å². The molecule has 3 N–H and O–H groups in total. The highest BCUT2D eigenvalue weighted by atomic mass is 16.5. The second-order valence-corrected chi connectivity index (χ2v) is 6.28. The fraction of sp³-hybridized carbons (Fsp3) is 0.273. The Morgan fingerprint density at radius 2 is 1.79 bits per heavy atom. The van der Waals surface area contributed by atoms with Crippen molar-refractivity contribution >= 4 is 12.0 Å². The van der Waals surface area contributed by atoms with Crippen LogP contribution in [0.4, 0.5) is 4.79 Å². The van der Waals surface area contributed by atoms with Gasteiger partial charge in [-0.15, -0.1) is 6.42 Å². The van der Waals surface area contributed by atoms with Gasteiger partial charge in [-0.3, -0.25) is 4.79 Å². The van der Waals surface area contributed by atoms with Gasteiger partial charge in [-0.05, 0) is 36.1 Å². The third-order valence-electron chi connectivity index (χ3n) is 4.07. The molecule has 0 aliphatic rings. The van der Waals surface area contributed by atoms with E-state index in [9.17, 15) is 9.59 Å². The molecule has 2 amide bonds. The zero-order chi connectivity index (χ0) is 20.2. The van der Waals surface area contributed by atoms with Crippen LogP contribution in [0, 0.1) is 12.3 Å². The summed E-state index contributed by atoms with van der Waals surface area (Å²) in [7, 11) is 0. The lowest BCUT2D eigenvalue weighted by molar-refractivity contribution is -0.137. The Hall–Kier alpha value is -3.46. The average molecular weight is 380 g/mol. The molecule has 0 bridgehead atoms. The summed E-state index contributed by atoms with van der Waals surface area (Å²) in [5, 5.41) is 14.6. The number of urea groups is 1. The number of carbonyl (C=O) groups excluding carboxylic acids is 1. The minimum atomic E-state index is -0.882. The van der Waals surface area contributed by atoms with Crippen LogP contribution in [0.5, 0.6) is 5.75 Å². The zero-order valence-corrected chi connectivity index (χ0v) is 15.6. The summed E-state index contributed by atoms with van der Waals surface area (Å²) in [5.41, 5.74) is 1.95. The van der Waals surface area contributed by atoms with E-state index in [0.717, 1.165) is 11.1 Å². The summed E-state index contributed by atoms with van der Waals surface area (Å²) in [5.74, 6) is 2.19. The molecular weight excluding hydrogens is 356 g/mol. The number of carboxylic acid groups (broad SMARTS) is 1. The third-order valence-corrected chi connectivity index (χ3v) is 4.07. The lowest BCUT2D eigenvalue weighted by Crippen LogP contribution is -2.43. The highest BCUT2D eigenvalue weighted by Gasteiger charge is 2.14. The van der Waals surface area contributed by atoms with Gasteiger partial charge < -0.3 is 20.5 Å². The Balaban J connectivity index is 1.86. The monoisotopic (exact) mass is 380 g/mol. The highest BCUT2D eigenvalue weighted by molar-refractivity contribution is 5.74. The van der Waals surface area contributed by atoms with Gasteiger partial charge in [-0.25, -0.2) is 4.79 Å². The maximum atomic E-state index is 12.3. The molecule has 0 spiro atoms. The Morgan fingerprint density at radius 1 is 1.07 bits per heavy atom. The van der Waals surface area contributed by atoms with Gasteiger partial charge in [0.1, 0.15) is 12.4 Å². The second-order valence-electron chi connectivity index (χ2n) is 6.28. The normalized spacial score (nSPS) is 11.1. The minimum absolute atomic E-state index is 0.00308. The van der Waals surface area contributed by atoms with Gasteiger partial charge in [0.15, 0.2) is 0 Å². The first-order valence-corrected chi connectivity index (χ1v) is 9.02. The van der Waals surface area contributed by atoms with Crippen molar-refractivity contribution < 1.29 is 19.4 Å². The molecule has 28 heavy (non-hydrogen) atoms. The molecule has 0 radical (unpaired) electrons. The van der Waals surface area contributed by atoms with Gasteiger partial charge in [0.25, 0.3) is 0 Å². The Morgan fingerprint density at radius 3 is 2.43 bits per heavy atom. The van der Waals surface area contributed by atoms with Crippen LogP contribution in [-0.4, -0.2) is 29.8 Å². The maximum absolute atomic E-state index is 12.3. The molecule has 2 aromatic rings. The molecule has 0 aliphatic heterocycles. The second kappa shape index (κ2) is 11.3. The first-order chi connectivity index (χ1) is 13.6. The quantitative estimate of drug-likeness (QED) is 0.553. The average Bonchev–Trinajstić information content (AvgIpc) is 2.70. The summed E-state index contributed by atoms with van der Waals surface area (Å²) in [4.78, 5) is 23.2. The molecule has 0 fully saturated rings. The van der Waals surface area contributed by atoms with Crippen molar-refractivity contribution in [3.63, 3.8) is 0 Å². The van der Waals surface area contributed by atoms with Crippen LogP contribution in [0.15, 0.2) is 54.6 Å². The van der Waals surface area contributed by atoms with Gasteiger partial charge in [0.05, 0.1) is 0 Å². The van der Waals surface area contributed by atoms with Crippen LogP contribution in [0.3, 0.4) is 0 Å². The van der Waals surface area contributed by atoms with E-state index in [2.05, 4.69) is 16.6 Å². The summed E-state index contributed by atoms with van der Waals surface area (Å²) < 4.78 is 5.31. The summed E-state index contributed by atoms with van der Waals surface area (Å²) >= 11 is 0. The van der Waals surface area contributed by atoms with Gasteiger partial charge in [-0.2, -0.15) is 0 Å².